The van der Waals surface area contributed by atoms with E-state index < -0.39 is 0 Å². The van der Waals surface area contributed by atoms with Crippen LogP contribution in [0.3, 0.4) is 0 Å². The number of hydrogen-bond donors (Lipinski definition) is 1. The van der Waals surface area contributed by atoms with Crippen LogP contribution in [0, 0.1) is 5.41 Å². The van der Waals surface area contributed by atoms with E-state index in [4.69, 9.17) is 4.42 Å². The summed E-state index contributed by atoms with van der Waals surface area (Å²) in [6, 6.07) is 0.229. The molecular weight excluding hydrogens is 218 g/mol. The Morgan fingerprint density at radius 1 is 1.59 bits per heavy atom. The summed E-state index contributed by atoms with van der Waals surface area (Å²) in [5, 5.41) is 3.08. The highest BCUT2D eigenvalue weighted by molar-refractivity contribution is 5.95. The first-order chi connectivity index (χ1) is 8.03. The standard InChI is InChI=1S/C12H19N3O2/c1-12(2)4-6-15(11-14-5-7-17-11)10(16)9(8-12)13-3/h5,7,9,13H,4,6,8H2,1-3H3. The molecule has 1 unspecified atom stereocenters. The van der Waals surface area contributed by atoms with Crippen molar-refractivity contribution in [2.75, 3.05) is 18.5 Å². The molecule has 17 heavy (non-hydrogen) atoms. The van der Waals surface area contributed by atoms with Crippen LogP contribution in [-0.4, -0.2) is 30.5 Å². The summed E-state index contributed by atoms with van der Waals surface area (Å²) in [5.41, 5.74) is 0.144. The molecule has 1 aromatic rings. The molecule has 0 radical (unpaired) electrons. The number of amides is 1. The van der Waals surface area contributed by atoms with Crippen LogP contribution >= 0.6 is 0 Å². The Labute approximate surface area is 101 Å². The maximum Gasteiger partial charge on any atom is 0.304 e. The van der Waals surface area contributed by atoms with Gasteiger partial charge in [-0.15, -0.1) is 0 Å². The Morgan fingerprint density at radius 2 is 2.35 bits per heavy atom. The topological polar surface area (TPSA) is 58.4 Å². The van der Waals surface area contributed by atoms with Crippen molar-refractivity contribution in [3.05, 3.63) is 12.5 Å². The van der Waals surface area contributed by atoms with E-state index in [1.807, 2.05) is 7.05 Å². The molecule has 0 spiro atoms. The van der Waals surface area contributed by atoms with Crippen molar-refractivity contribution in [1.29, 1.82) is 0 Å². The number of likely N-dealkylation sites (N-methyl/N-ethyl adjacent to an activating group) is 1. The molecule has 2 heterocycles. The zero-order chi connectivity index (χ0) is 12.5. The molecule has 1 fully saturated rings. The van der Waals surface area contributed by atoms with Gasteiger partial charge in [0.25, 0.3) is 0 Å². The maximum absolute atomic E-state index is 12.3. The Kier molecular flexibility index (Phi) is 3.19. The van der Waals surface area contributed by atoms with Crippen LogP contribution < -0.4 is 10.2 Å². The average Bonchev–Trinajstić information content (AvgIpc) is 2.75. The first-order valence-corrected chi connectivity index (χ1v) is 5.92. The number of nitrogens with zero attached hydrogens (tertiary/aromatic N) is 2. The number of aromatic nitrogens is 1. The van der Waals surface area contributed by atoms with Gasteiger partial charge in [-0.2, -0.15) is 0 Å². The van der Waals surface area contributed by atoms with Gasteiger partial charge in [-0.1, -0.05) is 13.8 Å². The van der Waals surface area contributed by atoms with Crippen molar-refractivity contribution in [2.24, 2.45) is 5.41 Å². The van der Waals surface area contributed by atoms with E-state index in [-0.39, 0.29) is 17.4 Å². The number of anilines is 1. The minimum absolute atomic E-state index is 0.0422. The largest absolute Gasteiger partial charge is 0.432 e. The number of nitrogens with one attached hydrogen (secondary N) is 1. The third-order valence-corrected chi connectivity index (χ3v) is 3.33. The quantitative estimate of drug-likeness (QED) is 0.845. The molecule has 1 aliphatic rings. The van der Waals surface area contributed by atoms with E-state index >= 15 is 0 Å². The number of carbonyl (C=O) groups is 1. The third-order valence-electron chi connectivity index (χ3n) is 3.33. The summed E-state index contributed by atoms with van der Waals surface area (Å²) in [5.74, 6) is 0.0422. The number of carbonyl (C=O) groups excluding carboxylic acids is 1. The molecular formula is C12H19N3O2. The highest BCUT2D eigenvalue weighted by atomic mass is 16.4. The lowest BCUT2D eigenvalue weighted by molar-refractivity contribution is -0.120. The van der Waals surface area contributed by atoms with Crippen molar-refractivity contribution >= 4 is 11.9 Å². The molecule has 1 amide bonds. The van der Waals surface area contributed by atoms with Gasteiger partial charge in [-0.05, 0) is 25.3 Å². The van der Waals surface area contributed by atoms with Crippen LogP contribution in [0.4, 0.5) is 6.01 Å². The van der Waals surface area contributed by atoms with Crippen molar-refractivity contribution in [1.82, 2.24) is 10.3 Å². The van der Waals surface area contributed by atoms with Gasteiger partial charge in [-0.3, -0.25) is 9.69 Å². The molecule has 5 heteroatoms. The predicted molar refractivity (Wildman–Crippen MR) is 64.7 cm³/mol. The van der Waals surface area contributed by atoms with Crippen LogP contribution in [0.5, 0.6) is 0 Å². The zero-order valence-electron chi connectivity index (χ0n) is 10.6. The number of hydrogen-bond acceptors (Lipinski definition) is 4. The summed E-state index contributed by atoms with van der Waals surface area (Å²) in [6.07, 6.45) is 4.83. The highest BCUT2D eigenvalue weighted by Gasteiger charge is 2.36. The second-order valence-corrected chi connectivity index (χ2v) is 5.26. The number of rotatable bonds is 2. The Hall–Kier alpha value is -1.36. The van der Waals surface area contributed by atoms with Crippen LogP contribution in [0.1, 0.15) is 26.7 Å². The fourth-order valence-corrected chi connectivity index (χ4v) is 2.22. The van der Waals surface area contributed by atoms with Gasteiger partial charge in [0.1, 0.15) is 6.26 Å². The minimum Gasteiger partial charge on any atom is -0.432 e. The lowest BCUT2D eigenvalue weighted by atomic mass is 9.83. The van der Waals surface area contributed by atoms with E-state index in [0.29, 0.717) is 12.6 Å². The molecule has 0 aliphatic carbocycles. The van der Waals surface area contributed by atoms with Gasteiger partial charge in [0, 0.05) is 6.54 Å². The van der Waals surface area contributed by atoms with E-state index in [1.165, 1.54) is 6.26 Å². The molecule has 1 aromatic heterocycles. The molecule has 1 aliphatic heterocycles. The zero-order valence-corrected chi connectivity index (χ0v) is 10.6. The fraction of sp³-hybridized carbons (Fsp3) is 0.667. The lowest BCUT2D eigenvalue weighted by Crippen LogP contribution is -2.44. The lowest BCUT2D eigenvalue weighted by Gasteiger charge is -2.24. The molecule has 5 nitrogen and oxygen atoms in total. The number of oxazole rings is 1. The van der Waals surface area contributed by atoms with Crippen LogP contribution in [-0.2, 0) is 4.79 Å². The first-order valence-electron chi connectivity index (χ1n) is 5.92. The molecule has 94 valence electrons. The fourth-order valence-electron chi connectivity index (χ4n) is 2.22. The van der Waals surface area contributed by atoms with Gasteiger partial charge < -0.3 is 9.73 Å². The second-order valence-electron chi connectivity index (χ2n) is 5.26. The van der Waals surface area contributed by atoms with E-state index in [2.05, 4.69) is 24.1 Å². The molecule has 1 atom stereocenters. The van der Waals surface area contributed by atoms with E-state index in [1.54, 1.807) is 11.1 Å². The SMILES string of the molecule is CNC1CC(C)(C)CCN(c2ncco2)C1=O. The monoisotopic (exact) mass is 237 g/mol. The van der Waals surface area contributed by atoms with Gasteiger partial charge >= 0.3 is 6.01 Å². The molecule has 2 rings (SSSR count). The minimum atomic E-state index is -0.167. The van der Waals surface area contributed by atoms with Crippen LogP contribution in [0.2, 0.25) is 0 Å². The highest BCUT2D eigenvalue weighted by Crippen LogP contribution is 2.31. The Bertz CT molecular complexity index is 386. The third kappa shape index (κ3) is 2.49. The Balaban J connectivity index is 2.26. The van der Waals surface area contributed by atoms with Crippen LogP contribution in [0.25, 0.3) is 0 Å². The normalized spacial score (nSPS) is 24.8. The summed E-state index contributed by atoms with van der Waals surface area (Å²) >= 11 is 0. The molecule has 0 saturated carbocycles. The maximum atomic E-state index is 12.3. The van der Waals surface area contributed by atoms with E-state index in [9.17, 15) is 4.79 Å². The average molecular weight is 237 g/mol. The smallest absolute Gasteiger partial charge is 0.304 e. The van der Waals surface area contributed by atoms with Crippen molar-refractivity contribution < 1.29 is 9.21 Å². The van der Waals surface area contributed by atoms with Gasteiger partial charge in [0.15, 0.2) is 0 Å². The predicted octanol–water partition coefficient (Wildman–Crippen LogP) is 1.42. The van der Waals surface area contributed by atoms with Gasteiger partial charge in [0.2, 0.25) is 5.91 Å². The molecule has 0 bridgehead atoms. The summed E-state index contributed by atoms with van der Waals surface area (Å²) in [6.45, 7) is 5.03. The summed E-state index contributed by atoms with van der Waals surface area (Å²) in [7, 11) is 1.82. The molecule has 1 N–H and O–H groups in total. The van der Waals surface area contributed by atoms with Crippen molar-refractivity contribution in [2.45, 2.75) is 32.7 Å². The Morgan fingerprint density at radius 3 is 2.94 bits per heavy atom. The molecule has 0 aromatic carbocycles. The van der Waals surface area contributed by atoms with Crippen molar-refractivity contribution in [3.8, 4) is 0 Å². The molecule has 1 saturated heterocycles. The van der Waals surface area contributed by atoms with E-state index in [0.717, 1.165) is 12.8 Å². The van der Waals surface area contributed by atoms with Gasteiger partial charge in [0.05, 0.1) is 12.2 Å². The first kappa shape index (κ1) is 12.1. The summed E-state index contributed by atoms with van der Waals surface area (Å²) in [4.78, 5) is 18.0. The summed E-state index contributed by atoms with van der Waals surface area (Å²) < 4.78 is 5.23. The van der Waals surface area contributed by atoms with Crippen molar-refractivity contribution in [3.63, 3.8) is 0 Å². The van der Waals surface area contributed by atoms with Crippen LogP contribution in [0.15, 0.2) is 16.9 Å². The van der Waals surface area contributed by atoms with Gasteiger partial charge in [-0.25, -0.2) is 4.98 Å². The second kappa shape index (κ2) is 4.49.